The van der Waals surface area contributed by atoms with E-state index in [1.165, 1.54) is 12.1 Å². The van der Waals surface area contributed by atoms with Crippen LogP contribution < -0.4 is 10.3 Å². The number of benzene rings is 3. The first kappa shape index (κ1) is 37.0. The summed E-state index contributed by atoms with van der Waals surface area (Å²) in [5.74, 6) is 0.230. The van der Waals surface area contributed by atoms with E-state index in [1.54, 1.807) is 36.8 Å². The maximum absolute atomic E-state index is 13.9. The maximum atomic E-state index is 13.9. The van der Waals surface area contributed by atoms with E-state index in [0.29, 0.717) is 55.7 Å². The van der Waals surface area contributed by atoms with Gasteiger partial charge in [0.15, 0.2) is 5.60 Å². The number of rotatable bonds is 9. The van der Waals surface area contributed by atoms with Crippen LogP contribution in [0.5, 0.6) is 5.75 Å². The summed E-state index contributed by atoms with van der Waals surface area (Å²) < 4.78 is 43.7. The molecule has 56 heavy (non-hydrogen) atoms. The number of hydrogen-bond acceptors (Lipinski definition) is 11. The van der Waals surface area contributed by atoms with Crippen LogP contribution in [0.2, 0.25) is 0 Å². The molecule has 5 aromatic rings. The van der Waals surface area contributed by atoms with E-state index in [9.17, 15) is 33.2 Å². The number of carbonyl (C=O) groups excluding carboxylic acids is 1. The van der Waals surface area contributed by atoms with Crippen molar-refractivity contribution in [2.24, 2.45) is 4.40 Å². The molecule has 16 heteroatoms. The highest BCUT2D eigenvalue weighted by molar-refractivity contribution is 7.90. The highest BCUT2D eigenvalue weighted by Gasteiger charge is 2.45. The highest BCUT2D eigenvalue weighted by Crippen LogP contribution is 2.40. The van der Waals surface area contributed by atoms with Crippen LogP contribution in [0.4, 0.5) is 5.69 Å². The van der Waals surface area contributed by atoms with Crippen molar-refractivity contribution >= 4 is 38.4 Å². The maximum Gasteiger partial charge on any atom is 0.343 e. The van der Waals surface area contributed by atoms with Crippen LogP contribution in [0, 0.1) is 10.1 Å². The van der Waals surface area contributed by atoms with Gasteiger partial charge >= 0.3 is 5.97 Å². The van der Waals surface area contributed by atoms with Gasteiger partial charge in [0.05, 0.1) is 45.9 Å². The largest absolute Gasteiger partial charge is 0.497 e. The number of non-ortho nitro benzene ring substituents is 1. The van der Waals surface area contributed by atoms with Crippen LogP contribution >= 0.6 is 0 Å². The fourth-order valence-corrected chi connectivity index (χ4v) is 8.78. The van der Waals surface area contributed by atoms with Crippen molar-refractivity contribution in [2.45, 2.75) is 50.0 Å². The van der Waals surface area contributed by atoms with Crippen molar-refractivity contribution < 1.29 is 32.7 Å². The number of methoxy groups -OCH3 is 1. The summed E-state index contributed by atoms with van der Waals surface area (Å²) in [7, 11) is -2.65. The molecule has 3 aliphatic rings. The van der Waals surface area contributed by atoms with Gasteiger partial charge in [0, 0.05) is 67.8 Å². The number of ether oxygens (including phenoxy) is 2. The Morgan fingerprint density at radius 2 is 1.73 bits per heavy atom. The van der Waals surface area contributed by atoms with Crippen LogP contribution in [-0.4, -0.2) is 82.9 Å². The molecule has 0 radical (unpaired) electrons. The molecule has 15 nitrogen and oxygen atoms in total. The molecule has 5 heterocycles. The molecule has 1 N–H and O–H groups in total. The van der Waals surface area contributed by atoms with Crippen LogP contribution in [-0.2, 0) is 51.3 Å². The third kappa shape index (κ3) is 6.48. The zero-order valence-electron chi connectivity index (χ0n) is 30.7. The number of carbonyl (C=O) groups is 1. The third-order valence-corrected chi connectivity index (χ3v) is 12.2. The Kier molecular flexibility index (Phi) is 9.42. The van der Waals surface area contributed by atoms with Gasteiger partial charge in [-0.3, -0.25) is 19.8 Å². The molecule has 0 aliphatic carbocycles. The molecular weight excluding hydrogens is 741 g/mol. The minimum atomic E-state index is -4.22. The SMILES string of the molecule is CC[C@@]1(O)C(=O)OCc2c1cc1n(c2=O)Cc2c-1nc1ccccc1c2CN1CCN(C(Cc2ccc(OC)cc2)=NS(=O)(=O)c2ccc([N+](=O)[O-])cc2)CC1. The van der Waals surface area contributed by atoms with Crippen molar-refractivity contribution in [1.82, 2.24) is 19.4 Å². The van der Waals surface area contributed by atoms with Gasteiger partial charge in [-0.25, -0.2) is 9.78 Å². The zero-order valence-corrected chi connectivity index (χ0v) is 31.5. The van der Waals surface area contributed by atoms with E-state index in [2.05, 4.69) is 9.30 Å². The average Bonchev–Trinajstić information content (AvgIpc) is 3.58. The average molecular weight is 779 g/mol. The number of pyridine rings is 2. The van der Waals surface area contributed by atoms with Crippen LogP contribution in [0.1, 0.15) is 41.2 Å². The molecule has 288 valence electrons. The van der Waals surface area contributed by atoms with Crippen LogP contribution in [0.3, 0.4) is 0 Å². The quantitative estimate of drug-likeness (QED) is 0.0728. The highest BCUT2D eigenvalue weighted by atomic mass is 32.2. The summed E-state index contributed by atoms with van der Waals surface area (Å²) in [5, 5.41) is 23.5. The number of fused-ring (bicyclic) bond motifs is 5. The lowest BCUT2D eigenvalue weighted by atomic mass is 9.86. The van der Waals surface area contributed by atoms with Gasteiger partial charge in [-0.1, -0.05) is 37.3 Å². The standard InChI is InChI=1S/C40H38N6O9S/c1-3-40(49)33-21-35-37-31(23-45(35)38(47)32(33)24-55-39(40)48)30(29-6-4-5-7-34(29)41-37)22-43-16-18-44(19-17-43)36(20-25-8-12-27(54-2)13-9-25)42-56(52,53)28-14-10-26(11-15-28)46(50)51/h4-15,21,49H,3,16-20,22-24H2,1-2H3/t40-/m0/s1. The number of nitro groups is 1. The predicted molar refractivity (Wildman–Crippen MR) is 206 cm³/mol. The number of esters is 1. The Balaban J connectivity index is 1.09. The number of nitro benzene ring substituents is 1. The topological polar surface area (TPSA) is 187 Å². The summed E-state index contributed by atoms with van der Waals surface area (Å²) in [4.78, 5) is 46.3. The molecule has 0 saturated carbocycles. The molecule has 0 amide bonds. The number of para-hydroxylation sites is 1. The number of hydrogen-bond donors (Lipinski definition) is 1. The van der Waals surface area contributed by atoms with Gasteiger partial charge in [-0.2, -0.15) is 8.42 Å². The fourth-order valence-electron chi connectivity index (χ4n) is 7.74. The van der Waals surface area contributed by atoms with Crippen LogP contribution in [0.25, 0.3) is 22.3 Å². The molecule has 0 spiro atoms. The van der Waals surface area contributed by atoms with Crippen molar-refractivity contribution in [3.05, 3.63) is 127 Å². The van der Waals surface area contributed by atoms with Crippen LogP contribution in [0.15, 0.2) is 93.0 Å². The van der Waals surface area contributed by atoms with E-state index in [-0.39, 0.29) is 53.3 Å². The molecule has 2 aromatic heterocycles. The van der Waals surface area contributed by atoms with Gasteiger partial charge in [-0.15, -0.1) is 4.40 Å². The van der Waals surface area contributed by atoms with Gasteiger partial charge in [-0.05, 0) is 53.9 Å². The second kappa shape index (κ2) is 14.3. The predicted octanol–water partition coefficient (Wildman–Crippen LogP) is 4.14. The summed E-state index contributed by atoms with van der Waals surface area (Å²) in [6.07, 6.45) is 0.270. The monoisotopic (exact) mass is 778 g/mol. The van der Waals surface area contributed by atoms with E-state index in [4.69, 9.17) is 14.5 Å². The number of aliphatic hydroxyl groups is 1. The Bertz CT molecular complexity index is 2600. The number of piperazine rings is 1. The number of cyclic esters (lactones) is 1. The van der Waals surface area contributed by atoms with Crippen molar-refractivity contribution in [3.63, 3.8) is 0 Å². The number of nitrogens with zero attached hydrogens (tertiary/aromatic N) is 6. The number of aromatic nitrogens is 2. The number of amidine groups is 1. The first-order valence-corrected chi connectivity index (χ1v) is 19.6. The summed E-state index contributed by atoms with van der Waals surface area (Å²) >= 11 is 0. The van der Waals surface area contributed by atoms with E-state index in [0.717, 1.165) is 39.7 Å². The lowest BCUT2D eigenvalue weighted by molar-refractivity contribution is -0.384. The zero-order chi connectivity index (χ0) is 39.4. The van der Waals surface area contributed by atoms with Gasteiger partial charge in [0.1, 0.15) is 18.2 Å². The molecule has 1 fully saturated rings. The smallest absolute Gasteiger partial charge is 0.343 e. The molecule has 0 bridgehead atoms. The van der Waals surface area contributed by atoms with Gasteiger partial charge < -0.3 is 24.0 Å². The van der Waals surface area contributed by atoms with Crippen molar-refractivity contribution in [3.8, 4) is 17.1 Å². The molecule has 1 atom stereocenters. The molecule has 8 rings (SSSR count). The Morgan fingerprint density at radius 3 is 2.41 bits per heavy atom. The minimum absolute atomic E-state index is 0.0481. The van der Waals surface area contributed by atoms with Gasteiger partial charge in [0.25, 0.3) is 21.3 Å². The fraction of sp³-hybridized carbons (Fsp3) is 0.300. The summed E-state index contributed by atoms with van der Waals surface area (Å²) in [6, 6.07) is 21.5. The van der Waals surface area contributed by atoms with E-state index >= 15 is 0 Å². The lowest BCUT2D eigenvalue weighted by Crippen LogP contribution is -2.49. The Labute approximate surface area is 321 Å². The first-order chi connectivity index (χ1) is 26.9. The van der Waals surface area contributed by atoms with Crippen molar-refractivity contribution in [1.29, 1.82) is 0 Å². The molecule has 3 aromatic carbocycles. The lowest BCUT2D eigenvalue weighted by Gasteiger charge is -2.37. The van der Waals surface area contributed by atoms with E-state index < -0.39 is 26.5 Å². The molecule has 1 saturated heterocycles. The molecular formula is C40H38N6O9S. The molecule has 3 aliphatic heterocycles. The second-order valence-corrected chi connectivity index (χ2v) is 15.7. The summed E-state index contributed by atoms with van der Waals surface area (Å²) in [5.41, 5.74) is 2.66. The normalized spacial score (nSPS) is 18.3. The van der Waals surface area contributed by atoms with Gasteiger partial charge in [0.2, 0.25) is 0 Å². The Morgan fingerprint density at radius 1 is 1.02 bits per heavy atom. The minimum Gasteiger partial charge on any atom is -0.497 e. The van der Waals surface area contributed by atoms with Crippen molar-refractivity contribution in [2.75, 3.05) is 33.3 Å². The number of sulfonamides is 1. The third-order valence-electron chi connectivity index (χ3n) is 10.9. The first-order valence-electron chi connectivity index (χ1n) is 18.2. The Hall–Kier alpha value is -5.97. The molecule has 0 unspecified atom stereocenters. The van der Waals surface area contributed by atoms with E-state index in [1.807, 2.05) is 41.3 Å². The second-order valence-electron chi connectivity index (χ2n) is 14.1. The summed E-state index contributed by atoms with van der Waals surface area (Å²) in [6.45, 7) is 4.30.